The number of rotatable bonds is 7. The lowest BCUT2D eigenvalue weighted by Gasteiger charge is -2.26. The number of likely N-dealkylation sites (tertiary alicyclic amines) is 1. The highest BCUT2D eigenvalue weighted by atomic mass is 15.2. The molecule has 0 amide bonds. The van der Waals surface area contributed by atoms with Crippen molar-refractivity contribution in [1.82, 2.24) is 15.2 Å². The molecule has 1 aromatic heterocycles. The monoisotopic (exact) mass is 300 g/mol. The van der Waals surface area contributed by atoms with Crippen LogP contribution in [-0.4, -0.2) is 48.4 Å². The van der Waals surface area contributed by atoms with Crippen LogP contribution >= 0.6 is 0 Å². The number of pyridine rings is 1. The molecule has 1 unspecified atom stereocenters. The number of hydrogen-bond acceptors (Lipinski definition) is 4. The van der Waals surface area contributed by atoms with Gasteiger partial charge < -0.3 is 4.90 Å². The van der Waals surface area contributed by atoms with E-state index >= 15 is 0 Å². The van der Waals surface area contributed by atoms with Gasteiger partial charge in [-0.3, -0.25) is 15.3 Å². The molecule has 0 bridgehead atoms. The third-order valence-corrected chi connectivity index (χ3v) is 4.03. The summed E-state index contributed by atoms with van der Waals surface area (Å²) in [6.07, 6.45) is 10.00. The van der Waals surface area contributed by atoms with Gasteiger partial charge in [-0.05, 0) is 51.9 Å². The van der Waals surface area contributed by atoms with E-state index in [2.05, 4.69) is 27.1 Å². The fraction of sp³-hybridized carbons (Fsp3) is 0.556. The number of nitrogens with zero attached hydrogens (tertiary/aromatic N) is 3. The summed E-state index contributed by atoms with van der Waals surface area (Å²) in [6.45, 7) is 8.73. The summed E-state index contributed by atoms with van der Waals surface area (Å²) in [5.74, 6) is 0. The molecule has 0 aliphatic carbocycles. The standard InChI is InChI=1S/C18H28N4/c1-3-17(18-9-5-6-10-20-18)15-21-16(2)19-11-14-22-12-7-4-8-13-22/h3,5-6,9-10,15-16,19H,4,7-8,11-14H2,1-2H3/b17-3+,21-15-. The Morgan fingerprint density at radius 3 is 2.86 bits per heavy atom. The minimum Gasteiger partial charge on any atom is -0.302 e. The topological polar surface area (TPSA) is 40.5 Å². The van der Waals surface area contributed by atoms with Crippen LogP contribution in [-0.2, 0) is 0 Å². The maximum absolute atomic E-state index is 4.59. The first-order chi connectivity index (χ1) is 10.8. The van der Waals surface area contributed by atoms with E-state index in [0.717, 1.165) is 24.4 Å². The first kappa shape index (κ1) is 16.8. The van der Waals surface area contributed by atoms with Crippen molar-refractivity contribution in [2.24, 2.45) is 4.99 Å². The van der Waals surface area contributed by atoms with E-state index in [1.54, 1.807) is 0 Å². The smallest absolute Gasteiger partial charge is 0.0966 e. The van der Waals surface area contributed by atoms with Crippen LogP contribution in [0.5, 0.6) is 0 Å². The Kier molecular flexibility index (Phi) is 7.26. The van der Waals surface area contributed by atoms with Crippen molar-refractivity contribution >= 4 is 11.8 Å². The average molecular weight is 300 g/mol. The van der Waals surface area contributed by atoms with Gasteiger partial charge in [-0.15, -0.1) is 0 Å². The van der Waals surface area contributed by atoms with E-state index in [1.807, 2.05) is 43.6 Å². The molecule has 1 N–H and O–H groups in total. The van der Waals surface area contributed by atoms with Crippen molar-refractivity contribution in [2.75, 3.05) is 26.2 Å². The van der Waals surface area contributed by atoms with E-state index in [0.29, 0.717) is 0 Å². The summed E-state index contributed by atoms with van der Waals surface area (Å²) >= 11 is 0. The van der Waals surface area contributed by atoms with Gasteiger partial charge in [-0.25, -0.2) is 0 Å². The first-order valence-electron chi connectivity index (χ1n) is 8.36. The van der Waals surface area contributed by atoms with Crippen LogP contribution < -0.4 is 5.32 Å². The summed E-state index contributed by atoms with van der Waals surface area (Å²) in [5, 5.41) is 3.47. The molecule has 0 spiro atoms. The predicted octanol–water partition coefficient (Wildman–Crippen LogP) is 2.98. The van der Waals surface area contributed by atoms with Crippen molar-refractivity contribution < 1.29 is 0 Å². The molecule has 1 aliphatic rings. The lowest BCUT2D eigenvalue weighted by Crippen LogP contribution is -2.38. The lowest BCUT2D eigenvalue weighted by atomic mass is 10.1. The summed E-state index contributed by atoms with van der Waals surface area (Å²) in [5.41, 5.74) is 2.03. The molecule has 2 rings (SSSR count). The molecule has 1 aliphatic heterocycles. The predicted molar refractivity (Wildman–Crippen MR) is 94.1 cm³/mol. The largest absolute Gasteiger partial charge is 0.302 e. The number of hydrogen-bond donors (Lipinski definition) is 1. The molecule has 0 saturated carbocycles. The molecule has 1 saturated heterocycles. The maximum Gasteiger partial charge on any atom is 0.0966 e. The van der Waals surface area contributed by atoms with Crippen molar-refractivity contribution in [2.45, 2.75) is 39.3 Å². The molecule has 4 heteroatoms. The number of aromatic nitrogens is 1. The normalized spacial score (nSPS) is 18.7. The van der Waals surface area contributed by atoms with Gasteiger partial charge in [0.15, 0.2) is 0 Å². The number of aliphatic imine (C=N–C) groups is 1. The molecular formula is C18H28N4. The van der Waals surface area contributed by atoms with E-state index in [1.165, 1.54) is 32.4 Å². The summed E-state index contributed by atoms with van der Waals surface area (Å²) < 4.78 is 0. The van der Waals surface area contributed by atoms with Crippen molar-refractivity contribution in [3.8, 4) is 0 Å². The van der Waals surface area contributed by atoms with Gasteiger partial charge in [0, 0.05) is 31.1 Å². The van der Waals surface area contributed by atoms with Crippen LogP contribution in [0, 0.1) is 0 Å². The zero-order valence-corrected chi connectivity index (χ0v) is 13.8. The fourth-order valence-electron chi connectivity index (χ4n) is 2.68. The molecule has 120 valence electrons. The summed E-state index contributed by atoms with van der Waals surface area (Å²) in [4.78, 5) is 11.5. The molecule has 1 fully saturated rings. The van der Waals surface area contributed by atoms with E-state index in [9.17, 15) is 0 Å². The third-order valence-electron chi connectivity index (χ3n) is 4.03. The van der Waals surface area contributed by atoms with Crippen LogP contribution in [0.4, 0.5) is 0 Å². The SMILES string of the molecule is C/C=C(\C=N/C(C)NCCN1CCCCC1)c1ccccn1. The highest BCUT2D eigenvalue weighted by Crippen LogP contribution is 2.09. The van der Waals surface area contributed by atoms with Crippen LogP contribution in [0.2, 0.25) is 0 Å². The first-order valence-corrected chi connectivity index (χ1v) is 8.36. The second-order valence-electron chi connectivity index (χ2n) is 5.77. The Bertz CT molecular complexity index is 475. The van der Waals surface area contributed by atoms with E-state index in [-0.39, 0.29) is 6.17 Å². The summed E-state index contributed by atoms with van der Waals surface area (Å²) in [6, 6.07) is 5.94. The molecular weight excluding hydrogens is 272 g/mol. The summed E-state index contributed by atoms with van der Waals surface area (Å²) in [7, 11) is 0. The Balaban J connectivity index is 1.74. The number of piperidine rings is 1. The average Bonchev–Trinajstić information content (AvgIpc) is 2.57. The van der Waals surface area contributed by atoms with Crippen LogP contribution in [0.3, 0.4) is 0 Å². The van der Waals surface area contributed by atoms with Gasteiger partial charge in [-0.2, -0.15) is 0 Å². The third kappa shape index (κ3) is 5.70. The number of allylic oxidation sites excluding steroid dienone is 2. The highest BCUT2D eigenvalue weighted by Gasteiger charge is 2.09. The van der Waals surface area contributed by atoms with Gasteiger partial charge in [0.1, 0.15) is 0 Å². The molecule has 1 atom stereocenters. The molecule has 1 aromatic rings. The Hall–Kier alpha value is -1.52. The van der Waals surface area contributed by atoms with Crippen molar-refractivity contribution in [3.63, 3.8) is 0 Å². The Morgan fingerprint density at radius 1 is 1.36 bits per heavy atom. The molecule has 0 aromatic carbocycles. The van der Waals surface area contributed by atoms with E-state index in [4.69, 9.17) is 0 Å². The second-order valence-corrected chi connectivity index (χ2v) is 5.77. The number of nitrogens with one attached hydrogen (secondary N) is 1. The van der Waals surface area contributed by atoms with Crippen LogP contribution in [0.25, 0.3) is 5.57 Å². The van der Waals surface area contributed by atoms with Gasteiger partial charge in [-0.1, -0.05) is 18.6 Å². The van der Waals surface area contributed by atoms with Gasteiger partial charge in [0.25, 0.3) is 0 Å². The molecule has 0 radical (unpaired) electrons. The molecule has 4 nitrogen and oxygen atoms in total. The van der Waals surface area contributed by atoms with Crippen LogP contribution in [0.15, 0.2) is 35.5 Å². The Labute approximate surface area is 134 Å². The maximum atomic E-state index is 4.59. The second kappa shape index (κ2) is 9.49. The van der Waals surface area contributed by atoms with Crippen LogP contribution in [0.1, 0.15) is 38.8 Å². The van der Waals surface area contributed by atoms with Gasteiger partial charge in [0.05, 0.1) is 11.9 Å². The highest BCUT2D eigenvalue weighted by molar-refractivity contribution is 6.08. The van der Waals surface area contributed by atoms with Crippen molar-refractivity contribution in [1.29, 1.82) is 0 Å². The van der Waals surface area contributed by atoms with Gasteiger partial charge >= 0.3 is 0 Å². The molecule has 2 heterocycles. The quantitative estimate of drug-likeness (QED) is 0.787. The minimum absolute atomic E-state index is 0.128. The minimum atomic E-state index is 0.128. The zero-order valence-electron chi connectivity index (χ0n) is 13.8. The zero-order chi connectivity index (χ0) is 15.6. The van der Waals surface area contributed by atoms with Crippen molar-refractivity contribution in [3.05, 3.63) is 36.2 Å². The Morgan fingerprint density at radius 2 is 2.18 bits per heavy atom. The van der Waals surface area contributed by atoms with Gasteiger partial charge in [0.2, 0.25) is 0 Å². The van der Waals surface area contributed by atoms with E-state index < -0.39 is 0 Å². The molecule has 22 heavy (non-hydrogen) atoms. The lowest BCUT2D eigenvalue weighted by molar-refractivity contribution is 0.227. The fourth-order valence-corrected chi connectivity index (χ4v) is 2.68.